The van der Waals surface area contributed by atoms with E-state index < -0.39 is 9.84 Å². The van der Waals surface area contributed by atoms with Gasteiger partial charge in [-0.15, -0.1) is 0 Å². The van der Waals surface area contributed by atoms with Gasteiger partial charge in [-0.2, -0.15) is 15.3 Å². The third-order valence-corrected chi connectivity index (χ3v) is 6.11. The summed E-state index contributed by atoms with van der Waals surface area (Å²) in [5, 5.41) is 15.5. The lowest BCUT2D eigenvalue weighted by Gasteiger charge is -2.06. The van der Waals surface area contributed by atoms with E-state index in [1.165, 1.54) is 41.5 Å². The number of hydrogen-bond donors (Lipinski definition) is 1. The van der Waals surface area contributed by atoms with E-state index in [1.807, 2.05) is 20.0 Å². The van der Waals surface area contributed by atoms with Crippen LogP contribution < -0.4 is 5.56 Å². The Morgan fingerprint density at radius 2 is 1.96 bits per heavy atom. The van der Waals surface area contributed by atoms with Crippen molar-refractivity contribution in [2.24, 2.45) is 7.05 Å². The van der Waals surface area contributed by atoms with Crippen LogP contribution in [0, 0.1) is 6.92 Å². The Balaban J connectivity index is 1.76. The molecule has 0 fully saturated rings. The van der Waals surface area contributed by atoms with E-state index in [0.717, 1.165) is 11.4 Å². The van der Waals surface area contributed by atoms with Gasteiger partial charge >= 0.3 is 0 Å². The molecule has 0 unspecified atom stereocenters. The molecule has 3 aromatic heterocycles. The van der Waals surface area contributed by atoms with E-state index in [1.54, 1.807) is 4.68 Å². The second-order valence-corrected chi connectivity index (χ2v) is 8.14. The van der Waals surface area contributed by atoms with Crippen LogP contribution in [0.2, 0.25) is 0 Å². The molecule has 9 nitrogen and oxygen atoms in total. The minimum Gasteiger partial charge on any atom is -0.284 e. The average Bonchev–Trinajstić information content (AvgIpc) is 3.28. The molecule has 27 heavy (non-hydrogen) atoms. The molecule has 10 heteroatoms. The number of H-pyrrole nitrogens is 1. The summed E-state index contributed by atoms with van der Waals surface area (Å²) in [5.41, 5.74) is 1.40. The molecule has 0 bridgehead atoms. The fraction of sp³-hybridized carbons (Fsp3) is 0.176. The monoisotopic (exact) mass is 384 g/mol. The predicted octanol–water partition coefficient (Wildman–Crippen LogP) is 1.04. The zero-order valence-electron chi connectivity index (χ0n) is 14.6. The smallest absolute Gasteiger partial charge is 0.274 e. The van der Waals surface area contributed by atoms with Gasteiger partial charge in [0, 0.05) is 24.3 Å². The highest BCUT2D eigenvalue weighted by atomic mass is 32.2. The van der Waals surface area contributed by atoms with Crippen molar-refractivity contribution in [1.82, 2.24) is 29.8 Å². The Labute approximate surface area is 154 Å². The van der Waals surface area contributed by atoms with Gasteiger partial charge in [0.25, 0.3) is 5.56 Å². The average molecular weight is 384 g/mol. The van der Waals surface area contributed by atoms with Crippen molar-refractivity contribution in [3.63, 3.8) is 0 Å². The van der Waals surface area contributed by atoms with Crippen molar-refractivity contribution in [3.05, 3.63) is 64.6 Å². The number of aromatic amines is 1. The molecule has 0 amide bonds. The summed E-state index contributed by atoms with van der Waals surface area (Å²) in [4.78, 5) is 12.9. The highest BCUT2D eigenvalue weighted by Gasteiger charge is 2.19. The number of aryl methyl sites for hydroxylation is 2. The Morgan fingerprint density at radius 3 is 2.63 bits per heavy atom. The lowest BCUT2D eigenvalue weighted by atomic mass is 10.2. The van der Waals surface area contributed by atoms with Crippen molar-refractivity contribution in [2.45, 2.75) is 23.3 Å². The van der Waals surface area contributed by atoms with Crippen LogP contribution in [0.5, 0.6) is 0 Å². The molecule has 0 aliphatic carbocycles. The summed E-state index contributed by atoms with van der Waals surface area (Å²) < 4.78 is 28.2. The molecule has 0 saturated carbocycles. The van der Waals surface area contributed by atoms with E-state index in [0.29, 0.717) is 10.8 Å². The first-order valence-electron chi connectivity index (χ1n) is 8.09. The number of aromatic nitrogens is 6. The van der Waals surface area contributed by atoms with Crippen LogP contribution in [-0.4, -0.2) is 38.2 Å². The number of rotatable bonds is 4. The van der Waals surface area contributed by atoms with Crippen LogP contribution in [0.25, 0.3) is 10.8 Å². The first kappa shape index (κ1) is 17.2. The van der Waals surface area contributed by atoms with Crippen molar-refractivity contribution in [3.8, 4) is 0 Å². The molecule has 0 aliphatic heterocycles. The number of nitrogens with one attached hydrogen (secondary N) is 1. The van der Waals surface area contributed by atoms with Crippen molar-refractivity contribution in [1.29, 1.82) is 0 Å². The van der Waals surface area contributed by atoms with Gasteiger partial charge in [-0.1, -0.05) is 0 Å². The maximum absolute atomic E-state index is 12.7. The first-order valence-corrected chi connectivity index (χ1v) is 9.58. The summed E-state index contributed by atoms with van der Waals surface area (Å²) in [7, 11) is -1.87. The van der Waals surface area contributed by atoms with Gasteiger partial charge in [-0.05, 0) is 31.2 Å². The molecule has 1 aromatic carbocycles. The molecule has 0 atom stereocenters. The molecule has 4 rings (SSSR count). The summed E-state index contributed by atoms with van der Waals surface area (Å²) in [6.45, 7) is 2.17. The largest absolute Gasteiger partial charge is 0.284 e. The summed E-state index contributed by atoms with van der Waals surface area (Å²) in [6, 6.07) is 6.26. The van der Waals surface area contributed by atoms with Gasteiger partial charge in [0.15, 0.2) is 0 Å². The normalized spacial score (nSPS) is 11.9. The van der Waals surface area contributed by atoms with Crippen molar-refractivity contribution in [2.75, 3.05) is 0 Å². The molecule has 4 aromatic rings. The van der Waals surface area contributed by atoms with Gasteiger partial charge in [0.2, 0.25) is 9.84 Å². The van der Waals surface area contributed by atoms with Crippen molar-refractivity contribution < 1.29 is 8.42 Å². The van der Waals surface area contributed by atoms with Crippen LogP contribution >= 0.6 is 0 Å². The number of sulfone groups is 1. The second-order valence-electron chi connectivity index (χ2n) is 6.19. The standard InChI is InChI=1S/C17H16N6O3S/c1-11-5-13(21-22(11)2)10-23-17(24)16-4-3-14(6-12(16)7-20-23)27(25,26)15-8-18-19-9-15/h3-9H,10H2,1-2H3,(H,18,19). The quantitative estimate of drug-likeness (QED) is 0.562. The third kappa shape index (κ3) is 2.93. The molecule has 3 heterocycles. The molecule has 0 aliphatic rings. The van der Waals surface area contributed by atoms with Crippen LogP contribution in [-0.2, 0) is 23.4 Å². The van der Waals surface area contributed by atoms with Gasteiger partial charge in [0.1, 0.15) is 4.90 Å². The topological polar surface area (TPSA) is 116 Å². The molecule has 1 N–H and O–H groups in total. The number of fused-ring (bicyclic) bond motifs is 1. The first-order chi connectivity index (χ1) is 12.9. The Kier molecular flexibility index (Phi) is 3.92. The zero-order chi connectivity index (χ0) is 19.2. The molecular formula is C17H16N6O3S. The van der Waals surface area contributed by atoms with Crippen LogP contribution in [0.1, 0.15) is 11.4 Å². The fourth-order valence-corrected chi connectivity index (χ4v) is 4.03. The highest BCUT2D eigenvalue weighted by molar-refractivity contribution is 7.91. The predicted molar refractivity (Wildman–Crippen MR) is 97.1 cm³/mol. The molecule has 0 saturated heterocycles. The van der Waals surface area contributed by atoms with Crippen LogP contribution in [0.15, 0.2) is 57.4 Å². The third-order valence-electron chi connectivity index (χ3n) is 4.39. The minimum absolute atomic E-state index is 0.0636. The van der Waals surface area contributed by atoms with Gasteiger partial charge in [-0.25, -0.2) is 13.1 Å². The minimum atomic E-state index is -3.70. The summed E-state index contributed by atoms with van der Waals surface area (Å²) in [6.07, 6.45) is 4.04. The number of hydrogen-bond acceptors (Lipinski definition) is 6. The molecule has 138 valence electrons. The Hall–Kier alpha value is -3.27. The maximum atomic E-state index is 12.7. The number of nitrogens with zero attached hydrogens (tertiary/aromatic N) is 5. The van der Waals surface area contributed by atoms with Crippen LogP contribution in [0.4, 0.5) is 0 Å². The lowest BCUT2D eigenvalue weighted by molar-refractivity contribution is 0.596. The number of benzene rings is 1. The van der Waals surface area contributed by atoms with E-state index in [-0.39, 0.29) is 21.9 Å². The lowest BCUT2D eigenvalue weighted by Crippen LogP contribution is -2.23. The molecule has 0 radical (unpaired) electrons. The maximum Gasteiger partial charge on any atom is 0.274 e. The molecule has 0 spiro atoms. The van der Waals surface area contributed by atoms with Gasteiger partial charge in [0.05, 0.1) is 34.9 Å². The summed E-state index contributed by atoms with van der Waals surface area (Å²) in [5.74, 6) is 0. The van der Waals surface area contributed by atoms with E-state index >= 15 is 0 Å². The van der Waals surface area contributed by atoms with Gasteiger partial charge < -0.3 is 0 Å². The fourth-order valence-electron chi connectivity index (χ4n) is 2.83. The zero-order valence-corrected chi connectivity index (χ0v) is 15.4. The van der Waals surface area contributed by atoms with Gasteiger partial charge in [-0.3, -0.25) is 14.6 Å². The Bertz CT molecular complexity index is 1280. The SMILES string of the molecule is Cc1cc(Cn2ncc3cc(S(=O)(=O)c4cn[nH]c4)ccc3c2=O)nn1C. The Morgan fingerprint density at radius 1 is 1.15 bits per heavy atom. The highest BCUT2D eigenvalue weighted by Crippen LogP contribution is 2.22. The van der Waals surface area contributed by atoms with Crippen molar-refractivity contribution >= 4 is 20.6 Å². The van der Waals surface area contributed by atoms with E-state index in [9.17, 15) is 13.2 Å². The second kappa shape index (κ2) is 6.16. The van der Waals surface area contributed by atoms with E-state index in [2.05, 4.69) is 20.4 Å². The van der Waals surface area contributed by atoms with Crippen LogP contribution in [0.3, 0.4) is 0 Å². The van der Waals surface area contributed by atoms with E-state index in [4.69, 9.17) is 0 Å². The summed E-state index contributed by atoms with van der Waals surface area (Å²) >= 11 is 0. The molecular weight excluding hydrogens is 368 g/mol.